The van der Waals surface area contributed by atoms with Gasteiger partial charge in [0.1, 0.15) is 17.2 Å². The Hall–Kier alpha value is -8.85. The number of carbonyl (C=O) groups is 3. The smallest absolute Gasteiger partial charge is 0.331 e. The Bertz CT molecular complexity index is 2730. The maximum atomic E-state index is 12.7. The summed E-state index contributed by atoms with van der Waals surface area (Å²) in [6.45, 7) is 19.0. The highest BCUT2D eigenvalue weighted by Gasteiger charge is 2.18. The predicted octanol–water partition coefficient (Wildman–Crippen LogP) is 11.4. The van der Waals surface area contributed by atoms with Gasteiger partial charge in [-0.25, -0.2) is 16.3 Å². The zero-order chi connectivity index (χ0) is 51.5. The number of nitrogens with one attached hydrogen (secondary N) is 3. The van der Waals surface area contributed by atoms with Crippen LogP contribution in [-0.4, -0.2) is 51.3 Å². The number of aromatic nitrogens is 3. The molecule has 7 aromatic rings. The van der Waals surface area contributed by atoms with E-state index in [0.29, 0.717) is 50.6 Å². The molecule has 0 aliphatic rings. The van der Waals surface area contributed by atoms with Crippen molar-refractivity contribution in [1.82, 2.24) is 31.2 Å². The summed E-state index contributed by atoms with van der Waals surface area (Å²) in [5.41, 5.74) is 14.6. The molecule has 1 heterocycles. The number of nitrogens with zero attached hydrogens (tertiary/aromatic N) is 6. The number of ether oxygens (including phenoxy) is 3. The molecule has 6 aromatic carbocycles. The minimum Gasteiger partial charge on any atom is -0.424 e. The van der Waals surface area contributed by atoms with Crippen LogP contribution in [0, 0.1) is 0 Å². The van der Waals surface area contributed by atoms with E-state index < -0.39 is 0 Å². The summed E-state index contributed by atoms with van der Waals surface area (Å²) in [6.07, 6.45) is 4.56. The summed E-state index contributed by atoms with van der Waals surface area (Å²) >= 11 is 0. The maximum Gasteiger partial charge on any atom is 0.331 e. The van der Waals surface area contributed by atoms with Crippen LogP contribution in [0.25, 0.3) is 0 Å². The van der Waals surface area contributed by atoms with Gasteiger partial charge in [-0.15, -0.1) is 15.0 Å². The summed E-state index contributed by atoms with van der Waals surface area (Å²) in [5.74, 6) is 0.164. The van der Waals surface area contributed by atoms with Gasteiger partial charge >= 0.3 is 18.0 Å². The lowest BCUT2D eigenvalue weighted by atomic mass is 9.87. The largest absolute Gasteiger partial charge is 0.424 e. The van der Waals surface area contributed by atoms with Gasteiger partial charge in [0.2, 0.25) is 0 Å². The zero-order valence-corrected chi connectivity index (χ0v) is 41.7. The van der Waals surface area contributed by atoms with Crippen molar-refractivity contribution in [3.05, 3.63) is 196 Å². The molecule has 0 radical (unpaired) electrons. The molecule has 0 bridgehead atoms. The Morgan fingerprint density at radius 2 is 0.583 bits per heavy atom. The topological polar surface area (TPSA) is 191 Å². The maximum absolute atomic E-state index is 12.7. The van der Waals surface area contributed by atoms with E-state index >= 15 is 0 Å². The van der Waals surface area contributed by atoms with Gasteiger partial charge in [0.05, 0.1) is 18.6 Å². The second-order valence-corrected chi connectivity index (χ2v) is 19.8. The van der Waals surface area contributed by atoms with Gasteiger partial charge in [0.15, 0.2) is 0 Å². The molecule has 1 aromatic heterocycles. The number of hydrogen-bond donors (Lipinski definition) is 3. The SMILES string of the molecule is CC(C)(C)c1ccc(C(=O)N/N=C/c2ccc(Oc3nc(Oc4ccc(/C=N/NC(=O)c5ccc(C(C)(C)C)cc5)cc4)nc(Oc4ccc(/C=N/NC(=O)c5ccc(C(C)(C)C)cc5)cc4)n3)cc2)cc1. The van der Waals surface area contributed by atoms with Gasteiger partial charge in [0, 0.05) is 16.7 Å². The van der Waals surface area contributed by atoms with Crippen molar-refractivity contribution < 1.29 is 28.6 Å². The fourth-order valence-electron chi connectivity index (χ4n) is 6.69. The Labute approximate surface area is 419 Å². The van der Waals surface area contributed by atoms with Crippen molar-refractivity contribution in [3.8, 4) is 35.3 Å². The van der Waals surface area contributed by atoms with E-state index in [2.05, 4.69) is 109 Å². The van der Waals surface area contributed by atoms with Gasteiger partial charge < -0.3 is 14.2 Å². The van der Waals surface area contributed by atoms with Crippen LogP contribution < -0.4 is 30.5 Å². The number of hydrogen-bond acceptors (Lipinski definition) is 12. The van der Waals surface area contributed by atoms with Crippen LogP contribution in [0.5, 0.6) is 35.3 Å². The summed E-state index contributed by atoms with van der Waals surface area (Å²) in [7, 11) is 0. The Morgan fingerprint density at radius 1 is 0.361 bits per heavy atom. The first-order valence-electron chi connectivity index (χ1n) is 23.2. The van der Waals surface area contributed by atoms with Crippen LogP contribution >= 0.6 is 0 Å². The van der Waals surface area contributed by atoms with Crippen LogP contribution in [-0.2, 0) is 16.2 Å². The molecule has 366 valence electrons. The molecule has 0 fully saturated rings. The third-order valence-corrected chi connectivity index (χ3v) is 11.0. The molecule has 0 aliphatic carbocycles. The molecule has 15 heteroatoms. The molecule has 0 spiro atoms. The third-order valence-electron chi connectivity index (χ3n) is 11.0. The molecule has 0 atom stereocenters. The van der Waals surface area contributed by atoms with Crippen molar-refractivity contribution in [2.75, 3.05) is 0 Å². The molecule has 3 N–H and O–H groups in total. The molecular formula is C57H57N9O6. The normalized spacial score (nSPS) is 12.0. The molecule has 3 amide bonds. The van der Waals surface area contributed by atoms with Crippen LogP contribution in [0.2, 0.25) is 0 Å². The Kier molecular flexibility index (Phi) is 15.8. The molecule has 0 saturated heterocycles. The number of benzene rings is 6. The average Bonchev–Trinajstić information content (AvgIpc) is 3.35. The fourth-order valence-corrected chi connectivity index (χ4v) is 6.69. The lowest BCUT2D eigenvalue weighted by molar-refractivity contribution is 0.0947. The van der Waals surface area contributed by atoms with Crippen LogP contribution in [0.1, 0.15) is 127 Å². The van der Waals surface area contributed by atoms with E-state index in [1.807, 2.05) is 36.4 Å². The van der Waals surface area contributed by atoms with Crippen molar-refractivity contribution in [2.45, 2.75) is 78.6 Å². The lowest BCUT2D eigenvalue weighted by Gasteiger charge is -2.18. The lowest BCUT2D eigenvalue weighted by Crippen LogP contribution is -2.18. The Balaban J connectivity index is 1.01. The van der Waals surface area contributed by atoms with Crippen molar-refractivity contribution in [1.29, 1.82) is 0 Å². The van der Waals surface area contributed by atoms with Crippen molar-refractivity contribution in [2.24, 2.45) is 15.3 Å². The minimum absolute atomic E-state index is 0.0255. The molecule has 0 unspecified atom stereocenters. The standard InChI is InChI=1S/C57H57N9O6/c1-55(2,3)43-22-16-40(17-23-43)49(67)64-58-34-37-10-28-46(29-11-37)70-52-61-53(71-47-30-12-38(13-31-47)35-59-65-50(68)41-18-24-44(25-19-41)56(4,5)6)63-54(62-52)72-48-32-14-39(15-33-48)36-60-66-51(69)42-20-26-45(27-21-42)57(7,8)9/h10-36H,1-9H3,(H,64,67)(H,65,68)(H,66,69)/b58-34+,59-35+,60-36+. The molecule has 0 saturated carbocycles. The van der Waals surface area contributed by atoms with E-state index in [-0.39, 0.29) is 52.0 Å². The monoisotopic (exact) mass is 963 g/mol. The first-order valence-corrected chi connectivity index (χ1v) is 23.2. The van der Waals surface area contributed by atoms with Gasteiger partial charge in [-0.05, 0) is 159 Å². The number of amides is 3. The second kappa shape index (κ2) is 22.3. The van der Waals surface area contributed by atoms with Gasteiger partial charge in [-0.2, -0.15) is 15.3 Å². The molecule has 0 aliphatic heterocycles. The van der Waals surface area contributed by atoms with Crippen molar-refractivity contribution >= 4 is 36.4 Å². The quantitative estimate of drug-likeness (QED) is 0.0663. The van der Waals surface area contributed by atoms with Gasteiger partial charge in [0.25, 0.3) is 17.7 Å². The highest BCUT2D eigenvalue weighted by atomic mass is 16.5. The molecule has 15 nitrogen and oxygen atoms in total. The summed E-state index contributed by atoms with van der Waals surface area (Å²) in [5, 5.41) is 12.4. The summed E-state index contributed by atoms with van der Waals surface area (Å²) in [6, 6.07) is 42.6. The molecule has 7 rings (SSSR count). The first-order chi connectivity index (χ1) is 34.2. The highest BCUT2D eigenvalue weighted by molar-refractivity contribution is 5.96. The second-order valence-electron chi connectivity index (χ2n) is 19.8. The highest BCUT2D eigenvalue weighted by Crippen LogP contribution is 2.29. The van der Waals surface area contributed by atoms with Crippen LogP contribution in [0.4, 0.5) is 0 Å². The third kappa shape index (κ3) is 14.6. The number of rotatable bonds is 15. The summed E-state index contributed by atoms with van der Waals surface area (Å²) < 4.78 is 18.2. The molecular weight excluding hydrogens is 907 g/mol. The average molecular weight is 964 g/mol. The van der Waals surface area contributed by atoms with Crippen LogP contribution in [0.3, 0.4) is 0 Å². The minimum atomic E-state index is -0.328. The van der Waals surface area contributed by atoms with E-state index in [9.17, 15) is 14.4 Å². The van der Waals surface area contributed by atoms with E-state index in [4.69, 9.17) is 14.2 Å². The van der Waals surface area contributed by atoms with Crippen molar-refractivity contribution in [3.63, 3.8) is 0 Å². The van der Waals surface area contributed by atoms with E-state index in [1.165, 1.54) is 18.6 Å². The number of hydrazone groups is 3. The summed E-state index contributed by atoms with van der Waals surface area (Å²) in [4.78, 5) is 51.3. The van der Waals surface area contributed by atoms with Gasteiger partial charge in [-0.1, -0.05) is 98.7 Å². The fraction of sp³-hybridized carbons (Fsp3) is 0.211. The van der Waals surface area contributed by atoms with E-state index in [0.717, 1.165) is 16.7 Å². The van der Waals surface area contributed by atoms with Crippen LogP contribution in [0.15, 0.2) is 161 Å². The zero-order valence-electron chi connectivity index (χ0n) is 41.7. The van der Waals surface area contributed by atoms with Gasteiger partial charge in [-0.3, -0.25) is 14.4 Å². The van der Waals surface area contributed by atoms with E-state index in [1.54, 1.807) is 109 Å². The Morgan fingerprint density at radius 3 is 0.792 bits per heavy atom. The first kappa shape index (κ1) is 51.0. The predicted molar refractivity (Wildman–Crippen MR) is 280 cm³/mol. The number of carbonyl (C=O) groups excluding carboxylic acids is 3. The molecule has 72 heavy (non-hydrogen) atoms.